The molecule has 0 unspecified atom stereocenters. The third-order valence-corrected chi connectivity index (χ3v) is 1.36. The van der Waals surface area contributed by atoms with E-state index < -0.39 is 17.9 Å². The van der Waals surface area contributed by atoms with Gasteiger partial charge < -0.3 is 29.7 Å². The van der Waals surface area contributed by atoms with Crippen LogP contribution in [-0.4, -0.2) is 17.9 Å². The average molecular weight is 436 g/mol. The van der Waals surface area contributed by atoms with Gasteiger partial charge in [0.05, 0.1) is 0 Å². The molecule has 0 aromatic rings. The van der Waals surface area contributed by atoms with E-state index >= 15 is 0 Å². The van der Waals surface area contributed by atoms with Crippen molar-refractivity contribution in [1.82, 2.24) is 0 Å². The van der Waals surface area contributed by atoms with Gasteiger partial charge in [-0.1, -0.05) is 40.0 Å². The summed E-state index contributed by atoms with van der Waals surface area (Å²) in [6.07, 6.45) is 2.55. The van der Waals surface area contributed by atoms with Gasteiger partial charge in [-0.25, -0.2) is 0 Å². The summed E-state index contributed by atoms with van der Waals surface area (Å²) in [6, 6.07) is 0. The van der Waals surface area contributed by atoms with Crippen LogP contribution in [-0.2, 0) is 14.4 Å². The number of carbonyl (C=O) groups excluding carboxylic acids is 3. The molecule has 0 saturated heterocycles. The van der Waals surface area contributed by atoms with Gasteiger partial charge in [0.2, 0.25) is 0 Å². The van der Waals surface area contributed by atoms with E-state index in [0.717, 1.165) is 0 Å². The summed E-state index contributed by atoms with van der Waals surface area (Å²) in [5.41, 5.74) is 0. The summed E-state index contributed by atoms with van der Waals surface area (Å²) >= 11 is 0. The molecule has 0 spiro atoms. The molecule has 0 aliphatic rings. The predicted molar refractivity (Wildman–Crippen MR) is 59.7 cm³/mol. The Morgan fingerprint density at radius 1 is 0.632 bits per heavy atom. The molecular weight excluding hydrogens is 415 g/mol. The van der Waals surface area contributed by atoms with Crippen LogP contribution in [0, 0.1) is 36.9 Å². The Hall–Kier alpha value is -0.356. The van der Waals surface area contributed by atoms with E-state index in [9.17, 15) is 29.7 Å². The first-order valence-electron chi connectivity index (χ1n) is 5.91. The molecule has 0 fully saturated rings. The predicted octanol–water partition coefficient (Wildman–Crippen LogP) is -1.39. The molecule has 0 radical (unpaired) electrons. The molecule has 0 atom stereocenters. The Balaban J connectivity index is -0.0000000865. The zero-order valence-electron chi connectivity index (χ0n) is 11.5. The number of hydrogen-bond donors (Lipinski definition) is 0. The normalized spacial score (nSPS) is 7.74. The molecule has 0 saturated carbocycles. The summed E-state index contributed by atoms with van der Waals surface area (Å²) in [4.78, 5) is 28.5. The van der Waals surface area contributed by atoms with Gasteiger partial charge in [-0.3, -0.25) is 0 Å². The van der Waals surface area contributed by atoms with E-state index in [1.54, 1.807) is 20.8 Å². The average Bonchev–Trinajstić information content (AvgIpc) is 2.18. The van der Waals surface area contributed by atoms with Gasteiger partial charge in [-0.05, 0) is 19.3 Å². The molecule has 0 amide bonds. The van der Waals surface area contributed by atoms with Crippen LogP contribution in [0.15, 0.2) is 0 Å². The van der Waals surface area contributed by atoms with Crippen molar-refractivity contribution < 1.29 is 66.6 Å². The third-order valence-electron chi connectivity index (χ3n) is 1.36. The largest absolute Gasteiger partial charge is 3.00 e. The molecule has 0 aromatic heterocycles. The van der Waals surface area contributed by atoms with Crippen molar-refractivity contribution in [3.63, 3.8) is 0 Å². The van der Waals surface area contributed by atoms with Gasteiger partial charge in [-0.2, -0.15) is 0 Å². The summed E-state index contributed by atoms with van der Waals surface area (Å²) in [6.45, 7) is 5.40. The van der Waals surface area contributed by atoms with Crippen LogP contribution >= 0.6 is 0 Å². The first kappa shape index (κ1) is 27.1. The van der Waals surface area contributed by atoms with Gasteiger partial charge >= 0.3 is 36.9 Å². The van der Waals surface area contributed by atoms with Crippen molar-refractivity contribution in [3.05, 3.63) is 0 Å². The molecule has 7 heteroatoms. The summed E-state index contributed by atoms with van der Waals surface area (Å²) < 4.78 is 0. The maximum Gasteiger partial charge on any atom is 3.00 e. The molecule has 0 aliphatic carbocycles. The molecule has 0 rings (SSSR count). The van der Waals surface area contributed by atoms with E-state index in [-0.39, 0.29) is 56.1 Å². The van der Waals surface area contributed by atoms with Crippen molar-refractivity contribution in [2.45, 2.75) is 59.3 Å². The number of carboxylic acids is 3. The van der Waals surface area contributed by atoms with Crippen LogP contribution in [0.1, 0.15) is 59.3 Å². The van der Waals surface area contributed by atoms with Gasteiger partial charge in [0.15, 0.2) is 0 Å². The van der Waals surface area contributed by atoms with Crippen LogP contribution in [0.4, 0.5) is 0 Å². The summed E-state index contributed by atoms with van der Waals surface area (Å²) in [5.74, 6) is -2.88. The fourth-order valence-electron chi connectivity index (χ4n) is 0.612. The minimum atomic E-state index is -0.961. The van der Waals surface area contributed by atoms with Crippen LogP contribution < -0.4 is 15.3 Å². The second-order valence-electron chi connectivity index (χ2n) is 3.37. The van der Waals surface area contributed by atoms with E-state index in [4.69, 9.17) is 0 Å². The molecule has 19 heavy (non-hydrogen) atoms. The van der Waals surface area contributed by atoms with Crippen molar-refractivity contribution >= 4 is 17.9 Å². The second-order valence-corrected chi connectivity index (χ2v) is 3.37. The van der Waals surface area contributed by atoms with Gasteiger partial charge in [-0.15, -0.1) is 0 Å². The van der Waals surface area contributed by atoms with Crippen molar-refractivity contribution in [3.8, 4) is 0 Å². The van der Waals surface area contributed by atoms with Crippen molar-refractivity contribution in [2.75, 3.05) is 0 Å². The van der Waals surface area contributed by atoms with E-state index in [2.05, 4.69) is 0 Å². The monoisotopic (exact) mass is 436 g/mol. The number of aliphatic carboxylic acids is 3. The molecule has 0 N–H and O–H groups in total. The van der Waals surface area contributed by atoms with E-state index in [0.29, 0.717) is 19.3 Å². The van der Waals surface area contributed by atoms with Gasteiger partial charge in [0.25, 0.3) is 0 Å². The Morgan fingerprint density at radius 3 is 0.789 bits per heavy atom. The zero-order valence-corrected chi connectivity index (χ0v) is 13.1. The maximum atomic E-state index is 9.49. The van der Waals surface area contributed by atoms with Crippen LogP contribution in [0.5, 0.6) is 0 Å². The minimum absolute atomic E-state index is 0. The molecule has 0 heterocycles. The molecule has 0 aromatic carbocycles. The van der Waals surface area contributed by atoms with Crippen molar-refractivity contribution in [1.29, 1.82) is 0 Å². The quantitative estimate of drug-likeness (QED) is 0.506. The van der Waals surface area contributed by atoms with Gasteiger partial charge in [0, 0.05) is 17.9 Å². The standard InChI is InChI=1S/3C4H8O2.Lu/c3*1-2-3-4(5)6;/h3*2-3H2,1H3,(H,5,6);/q;;;+3/p-3. The van der Waals surface area contributed by atoms with Gasteiger partial charge in [0.1, 0.15) is 0 Å². The Morgan fingerprint density at radius 2 is 0.789 bits per heavy atom. The minimum Gasteiger partial charge on any atom is -0.550 e. The summed E-state index contributed by atoms with van der Waals surface area (Å²) in [7, 11) is 0. The van der Waals surface area contributed by atoms with Crippen LogP contribution in [0.2, 0.25) is 0 Å². The van der Waals surface area contributed by atoms with E-state index in [1.807, 2.05) is 0 Å². The van der Waals surface area contributed by atoms with E-state index in [1.165, 1.54) is 0 Å². The molecular formula is C12H21LuO6. The maximum absolute atomic E-state index is 9.49. The number of carbonyl (C=O) groups is 3. The molecule has 0 bridgehead atoms. The Labute approximate surface area is 143 Å². The SMILES string of the molecule is CCCC(=O)[O-].CCCC(=O)[O-].CCCC(=O)[O-].[Lu+3]. The molecule has 120 valence electrons. The molecule has 6 nitrogen and oxygen atoms in total. The number of hydrogen-bond acceptors (Lipinski definition) is 6. The fourth-order valence-corrected chi connectivity index (χ4v) is 0.612. The second kappa shape index (κ2) is 22.8. The third kappa shape index (κ3) is 57.8. The topological polar surface area (TPSA) is 120 Å². The first-order chi connectivity index (χ1) is 8.31. The van der Waals surface area contributed by atoms with Crippen molar-refractivity contribution in [2.24, 2.45) is 0 Å². The Bertz CT molecular complexity index is 192. The first-order valence-corrected chi connectivity index (χ1v) is 5.91. The summed E-state index contributed by atoms with van der Waals surface area (Å²) in [5, 5.41) is 28.5. The zero-order chi connectivity index (χ0) is 15.0. The fraction of sp³-hybridized carbons (Fsp3) is 0.750. The van der Waals surface area contributed by atoms with Crippen LogP contribution in [0.3, 0.4) is 0 Å². The number of rotatable bonds is 6. The number of carboxylic acid groups (broad SMARTS) is 3. The molecule has 0 aliphatic heterocycles. The Kier molecular flexibility index (Phi) is 32.5. The van der Waals surface area contributed by atoms with Crippen LogP contribution in [0.25, 0.3) is 0 Å². The smallest absolute Gasteiger partial charge is 0.550 e.